The summed E-state index contributed by atoms with van der Waals surface area (Å²) in [5, 5.41) is 0. The summed E-state index contributed by atoms with van der Waals surface area (Å²) in [6.45, 7) is 15.0. The predicted molar refractivity (Wildman–Crippen MR) is 89.8 cm³/mol. The number of hydrogen-bond donors (Lipinski definition) is 1. The molecule has 0 radical (unpaired) electrons. The van der Waals surface area contributed by atoms with Gasteiger partial charge in [-0.05, 0) is 30.7 Å². The van der Waals surface area contributed by atoms with Crippen LogP contribution in [0.25, 0.3) is 0 Å². The molecule has 1 saturated heterocycles. The van der Waals surface area contributed by atoms with Gasteiger partial charge in [-0.25, -0.2) is 4.98 Å². The first-order valence-electron chi connectivity index (χ1n) is 8.13. The van der Waals surface area contributed by atoms with E-state index in [4.69, 9.17) is 10.7 Å². The molecule has 1 aromatic heterocycles. The number of pyridine rings is 1. The van der Waals surface area contributed by atoms with Gasteiger partial charge in [0.15, 0.2) is 0 Å². The molecule has 2 heterocycles. The number of hydrogen-bond acceptors (Lipinski definition) is 4. The van der Waals surface area contributed by atoms with Crippen LogP contribution in [0.4, 0.5) is 5.82 Å². The molecule has 0 aliphatic carbocycles. The lowest BCUT2D eigenvalue weighted by molar-refractivity contribution is 0.258. The van der Waals surface area contributed by atoms with Crippen LogP contribution >= 0.6 is 0 Å². The van der Waals surface area contributed by atoms with Crippen molar-refractivity contribution in [3.05, 3.63) is 23.4 Å². The summed E-state index contributed by atoms with van der Waals surface area (Å²) in [6.07, 6.45) is 1.23. The fourth-order valence-corrected chi connectivity index (χ4v) is 2.75. The highest BCUT2D eigenvalue weighted by molar-refractivity contribution is 5.44. The van der Waals surface area contributed by atoms with E-state index in [0.717, 1.165) is 37.7 Å². The molecule has 0 spiro atoms. The Morgan fingerprint density at radius 2 is 1.81 bits per heavy atom. The third-order valence-corrected chi connectivity index (χ3v) is 4.11. The van der Waals surface area contributed by atoms with Gasteiger partial charge in [0, 0.05) is 43.8 Å². The summed E-state index contributed by atoms with van der Waals surface area (Å²) in [5.74, 6) is 1.10. The Kier molecular flexibility index (Phi) is 5.22. The van der Waals surface area contributed by atoms with E-state index in [2.05, 4.69) is 49.6 Å². The maximum Gasteiger partial charge on any atom is 0.129 e. The minimum Gasteiger partial charge on any atom is -0.354 e. The van der Waals surface area contributed by atoms with Gasteiger partial charge in [0.2, 0.25) is 0 Å². The normalized spacial score (nSPS) is 17.3. The number of anilines is 1. The molecule has 1 aromatic rings. The van der Waals surface area contributed by atoms with Crippen molar-refractivity contribution in [2.75, 3.05) is 37.6 Å². The highest BCUT2D eigenvalue weighted by Crippen LogP contribution is 2.25. The Morgan fingerprint density at radius 1 is 1.14 bits per heavy atom. The van der Waals surface area contributed by atoms with E-state index in [1.54, 1.807) is 0 Å². The predicted octanol–water partition coefficient (Wildman–Crippen LogP) is 2.37. The quantitative estimate of drug-likeness (QED) is 0.925. The fraction of sp³-hybridized carbons (Fsp3) is 0.706. The monoisotopic (exact) mass is 290 g/mol. The zero-order valence-corrected chi connectivity index (χ0v) is 14.0. The minimum absolute atomic E-state index is 0.0595. The third-order valence-electron chi connectivity index (χ3n) is 4.11. The Hall–Kier alpha value is -1.13. The lowest BCUT2D eigenvalue weighted by atomic mass is 9.90. The van der Waals surface area contributed by atoms with E-state index in [0.29, 0.717) is 6.54 Å². The van der Waals surface area contributed by atoms with Crippen LogP contribution in [0, 0.1) is 0 Å². The molecule has 0 saturated carbocycles. The van der Waals surface area contributed by atoms with Crippen molar-refractivity contribution < 1.29 is 0 Å². The second-order valence-corrected chi connectivity index (χ2v) is 7.00. The average molecular weight is 290 g/mol. The first-order valence-corrected chi connectivity index (χ1v) is 8.13. The van der Waals surface area contributed by atoms with Crippen LogP contribution < -0.4 is 10.6 Å². The molecule has 4 nitrogen and oxygen atoms in total. The highest BCUT2D eigenvalue weighted by atomic mass is 15.3. The zero-order valence-electron chi connectivity index (χ0n) is 14.0. The molecule has 1 aliphatic rings. The number of aromatic nitrogens is 1. The van der Waals surface area contributed by atoms with Crippen LogP contribution in [0.5, 0.6) is 0 Å². The van der Waals surface area contributed by atoms with Crippen molar-refractivity contribution >= 4 is 5.82 Å². The van der Waals surface area contributed by atoms with E-state index >= 15 is 0 Å². The lowest BCUT2D eigenvalue weighted by Crippen LogP contribution is -2.47. The molecule has 2 rings (SSSR count). The lowest BCUT2D eigenvalue weighted by Gasteiger charge is -2.36. The number of nitrogens with two attached hydrogens (primary N) is 1. The van der Waals surface area contributed by atoms with Crippen molar-refractivity contribution in [2.45, 2.75) is 46.1 Å². The number of piperazine rings is 1. The zero-order chi connectivity index (χ0) is 15.5. The number of nitrogens with zero attached hydrogens (tertiary/aromatic N) is 3. The van der Waals surface area contributed by atoms with Crippen LogP contribution in [0.1, 0.15) is 45.4 Å². The molecule has 0 unspecified atom stereocenters. The number of rotatable bonds is 4. The summed E-state index contributed by atoms with van der Waals surface area (Å²) in [4.78, 5) is 9.84. The van der Waals surface area contributed by atoms with Gasteiger partial charge >= 0.3 is 0 Å². The van der Waals surface area contributed by atoms with Crippen molar-refractivity contribution in [1.29, 1.82) is 0 Å². The summed E-state index contributed by atoms with van der Waals surface area (Å²) in [6, 6.07) is 4.31. The van der Waals surface area contributed by atoms with Crippen LogP contribution in [0.3, 0.4) is 0 Å². The van der Waals surface area contributed by atoms with Crippen molar-refractivity contribution in [3.63, 3.8) is 0 Å². The third kappa shape index (κ3) is 4.17. The van der Waals surface area contributed by atoms with Crippen molar-refractivity contribution in [2.24, 2.45) is 5.73 Å². The van der Waals surface area contributed by atoms with Gasteiger partial charge in [-0.2, -0.15) is 0 Å². The van der Waals surface area contributed by atoms with Gasteiger partial charge in [0.05, 0.1) is 0 Å². The molecule has 1 fully saturated rings. The van der Waals surface area contributed by atoms with Gasteiger partial charge < -0.3 is 10.6 Å². The highest BCUT2D eigenvalue weighted by Gasteiger charge is 2.21. The van der Waals surface area contributed by atoms with E-state index in [1.165, 1.54) is 18.5 Å². The molecule has 0 amide bonds. The molecular weight excluding hydrogens is 260 g/mol. The first-order chi connectivity index (χ1) is 9.94. The molecule has 0 aromatic carbocycles. The Labute approximate surface area is 129 Å². The van der Waals surface area contributed by atoms with Crippen molar-refractivity contribution in [1.82, 2.24) is 9.88 Å². The van der Waals surface area contributed by atoms with E-state index < -0.39 is 0 Å². The smallest absolute Gasteiger partial charge is 0.129 e. The summed E-state index contributed by atoms with van der Waals surface area (Å²) in [7, 11) is 0. The molecule has 21 heavy (non-hydrogen) atoms. The summed E-state index contributed by atoms with van der Waals surface area (Å²) >= 11 is 0. The molecule has 4 heteroatoms. The summed E-state index contributed by atoms with van der Waals surface area (Å²) < 4.78 is 0. The molecule has 0 bridgehead atoms. The second kappa shape index (κ2) is 6.75. The Balaban J connectivity index is 2.16. The topological polar surface area (TPSA) is 45.4 Å². The Bertz CT molecular complexity index is 456. The van der Waals surface area contributed by atoms with Crippen LogP contribution in [-0.4, -0.2) is 42.6 Å². The van der Waals surface area contributed by atoms with Gasteiger partial charge in [-0.1, -0.05) is 27.7 Å². The van der Waals surface area contributed by atoms with E-state index in [-0.39, 0.29) is 5.41 Å². The van der Waals surface area contributed by atoms with E-state index in [9.17, 15) is 0 Å². The second-order valence-electron chi connectivity index (χ2n) is 7.00. The summed E-state index contributed by atoms with van der Waals surface area (Å²) in [5.41, 5.74) is 8.24. The maximum atomic E-state index is 5.87. The van der Waals surface area contributed by atoms with Crippen LogP contribution in [0.2, 0.25) is 0 Å². The average Bonchev–Trinajstić information content (AvgIpc) is 2.47. The Morgan fingerprint density at radius 3 is 2.33 bits per heavy atom. The maximum absolute atomic E-state index is 5.87. The fourth-order valence-electron chi connectivity index (χ4n) is 2.75. The van der Waals surface area contributed by atoms with Gasteiger partial charge in [-0.15, -0.1) is 0 Å². The molecule has 118 valence electrons. The van der Waals surface area contributed by atoms with Crippen molar-refractivity contribution in [3.8, 4) is 0 Å². The van der Waals surface area contributed by atoms with E-state index in [1.807, 2.05) is 0 Å². The largest absolute Gasteiger partial charge is 0.354 e. The van der Waals surface area contributed by atoms with Crippen LogP contribution in [-0.2, 0) is 12.0 Å². The van der Waals surface area contributed by atoms with Gasteiger partial charge in [0.25, 0.3) is 0 Å². The molecule has 1 aliphatic heterocycles. The molecule has 2 N–H and O–H groups in total. The first kappa shape index (κ1) is 16.2. The molecule has 0 atom stereocenters. The molecular formula is C17H30N4. The van der Waals surface area contributed by atoms with Crippen LogP contribution in [0.15, 0.2) is 12.1 Å². The standard InChI is InChI=1S/C17H30N4/c1-5-6-20-7-9-21(10-8-20)16-12-14(13-18)11-15(19-16)17(2,3)4/h11-12H,5-10,13,18H2,1-4H3. The van der Waals surface area contributed by atoms with Gasteiger partial charge in [0.1, 0.15) is 5.82 Å². The SMILES string of the molecule is CCCN1CCN(c2cc(CN)cc(C(C)(C)C)n2)CC1. The minimum atomic E-state index is 0.0595. The van der Waals surface area contributed by atoms with Gasteiger partial charge in [-0.3, -0.25) is 4.90 Å².